The van der Waals surface area contributed by atoms with E-state index in [4.69, 9.17) is 16.0 Å². The first kappa shape index (κ1) is 11.2. The number of rotatable bonds is 3. The van der Waals surface area contributed by atoms with E-state index >= 15 is 0 Å². The molecule has 0 aromatic rings. The molecule has 0 unspecified atom stereocenters. The minimum atomic E-state index is -1.67. The predicted molar refractivity (Wildman–Crippen MR) is 46.8 cm³/mol. The van der Waals surface area contributed by atoms with Gasteiger partial charge in [0.15, 0.2) is 6.29 Å². The second-order valence-corrected chi connectivity index (χ2v) is 3.35. The van der Waals surface area contributed by atoms with Crippen LogP contribution in [-0.2, 0) is 9.47 Å². The molecule has 0 radical (unpaired) electrons. The van der Waals surface area contributed by atoms with Crippen molar-refractivity contribution in [1.29, 1.82) is 0 Å². The van der Waals surface area contributed by atoms with E-state index < -0.39 is 50.5 Å². The summed E-state index contributed by atoms with van der Waals surface area (Å²) in [6.07, 6.45) is -8.67. The first-order chi connectivity index (χ1) is 7.52. The van der Waals surface area contributed by atoms with Crippen molar-refractivity contribution >= 4 is 0 Å². The van der Waals surface area contributed by atoms with E-state index in [1.807, 2.05) is 0 Å². The normalized spacial score (nSPS) is 44.9. The molecule has 0 amide bonds. The molecule has 1 saturated heterocycles. The van der Waals surface area contributed by atoms with Crippen LogP contribution in [0.15, 0.2) is 0 Å². The molecular formula is C8H16O7. The average Bonchev–Trinajstić information content (AvgIpc) is 2.28. The van der Waals surface area contributed by atoms with Crippen LogP contribution in [0.5, 0.6) is 0 Å². The van der Waals surface area contributed by atoms with Gasteiger partial charge in [-0.3, -0.25) is 0 Å². The van der Waals surface area contributed by atoms with Gasteiger partial charge in [-0.15, -0.1) is 0 Å². The third-order valence-electron chi connectivity index (χ3n) is 2.39. The summed E-state index contributed by atoms with van der Waals surface area (Å²) in [4.78, 5) is 0. The Kier molecular flexibility index (Phi) is 3.87. The molecule has 15 heavy (non-hydrogen) atoms. The monoisotopic (exact) mass is 225 g/mol. The number of aliphatic hydroxyl groups is 5. The zero-order chi connectivity index (χ0) is 12.3. The molecule has 7 nitrogen and oxygen atoms in total. The Morgan fingerprint density at radius 3 is 2.47 bits per heavy atom. The zero-order valence-corrected chi connectivity index (χ0v) is 7.93. The number of hydrogen-bond donors (Lipinski definition) is 5. The second-order valence-electron chi connectivity index (χ2n) is 3.35. The van der Waals surface area contributed by atoms with Crippen LogP contribution in [0.3, 0.4) is 0 Å². The van der Waals surface area contributed by atoms with Crippen molar-refractivity contribution in [3.63, 3.8) is 0 Å². The van der Waals surface area contributed by atoms with E-state index in [1.54, 1.807) is 0 Å². The Morgan fingerprint density at radius 1 is 1.27 bits per heavy atom. The van der Waals surface area contributed by atoms with E-state index in [0.29, 0.717) is 0 Å². The van der Waals surface area contributed by atoms with Crippen molar-refractivity contribution in [2.45, 2.75) is 36.8 Å². The molecule has 1 aliphatic heterocycles. The Balaban J connectivity index is 2.71. The van der Waals surface area contributed by atoms with Gasteiger partial charge in [-0.05, 0) is 0 Å². The lowest BCUT2D eigenvalue weighted by Crippen LogP contribution is -2.61. The molecule has 1 aliphatic rings. The first-order valence-corrected chi connectivity index (χ1v) is 4.42. The largest absolute Gasteiger partial charge is 0.394 e. The van der Waals surface area contributed by atoms with E-state index in [0.717, 1.165) is 0 Å². The van der Waals surface area contributed by atoms with Crippen LogP contribution in [0.25, 0.3) is 0 Å². The molecular weight excluding hydrogens is 208 g/mol. The lowest BCUT2D eigenvalue weighted by atomic mass is 9.95. The highest BCUT2D eigenvalue weighted by atomic mass is 16.6. The SMILES string of the molecule is [2H]CO[C@H](CO)[C@@H]1O[C@@H](O)[C@@H](O)[C@H](O)[C@H]1O. The van der Waals surface area contributed by atoms with Crippen molar-refractivity contribution in [2.75, 3.05) is 13.7 Å². The van der Waals surface area contributed by atoms with Crippen LogP contribution in [-0.4, -0.2) is 76.0 Å². The fourth-order valence-corrected chi connectivity index (χ4v) is 1.45. The van der Waals surface area contributed by atoms with Gasteiger partial charge < -0.3 is 35.0 Å². The summed E-state index contributed by atoms with van der Waals surface area (Å²) < 4.78 is 16.4. The van der Waals surface area contributed by atoms with Crippen molar-refractivity contribution in [3.8, 4) is 0 Å². The lowest BCUT2D eigenvalue weighted by molar-refractivity contribution is -0.300. The van der Waals surface area contributed by atoms with Crippen LogP contribution in [0.2, 0.25) is 0 Å². The molecule has 1 heterocycles. The molecule has 0 aromatic heterocycles. The number of methoxy groups -OCH3 is 1. The minimum absolute atomic E-state index is 0.466. The van der Waals surface area contributed by atoms with E-state index in [1.165, 1.54) is 0 Å². The van der Waals surface area contributed by atoms with Gasteiger partial charge in [-0.25, -0.2) is 0 Å². The second kappa shape index (κ2) is 5.17. The van der Waals surface area contributed by atoms with Crippen LogP contribution in [0.1, 0.15) is 1.37 Å². The fourth-order valence-electron chi connectivity index (χ4n) is 1.45. The third kappa shape index (κ3) is 2.45. The lowest BCUT2D eigenvalue weighted by Gasteiger charge is -2.40. The molecule has 6 atom stereocenters. The minimum Gasteiger partial charge on any atom is -0.394 e. The zero-order valence-electron chi connectivity index (χ0n) is 8.93. The molecule has 0 saturated carbocycles. The summed E-state index contributed by atoms with van der Waals surface area (Å²) in [7, 11) is -0.466. The standard InChI is InChI=1S/C8H16O7/c1-14-3(2-9)7-5(11)4(10)6(12)8(13)15-7/h3-13H,2H2,1H3/t3-,4-,5-,6+,7+,8-/m1/s1/i1D. The summed E-state index contributed by atoms with van der Waals surface area (Å²) in [5, 5.41) is 46.3. The van der Waals surface area contributed by atoms with Gasteiger partial charge in [-0.1, -0.05) is 0 Å². The molecule has 1 rings (SSSR count). The van der Waals surface area contributed by atoms with Crippen molar-refractivity contribution in [1.82, 2.24) is 0 Å². The van der Waals surface area contributed by atoms with Gasteiger partial charge in [-0.2, -0.15) is 0 Å². The number of hydrogen-bond acceptors (Lipinski definition) is 7. The van der Waals surface area contributed by atoms with Crippen molar-refractivity contribution < 1.29 is 36.4 Å². The van der Waals surface area contributed by atoms with Gasteiger partial charge in [0.2, 0.25) is 0 Å². The number of ether oxygens (including phenoxy) is 2. The Morgan fingerprint density at radius 2 is 1.93 bits per heavy atom. The molecule has 7 heteroatoms. The highest BCUT2D eigenvalue weighted by Crippen LogP contribution is 2.22. The highest BCUT2D eigenvalue weighted by molar-refractivity contribution is 4.92. The quantitative estimate of drug-likeness (QED) is 0.343. The maximum Gasteiger partial charge on any atom is 0.184 e. The van der Waals surface area contributed by atoms with Crippen molar-refractivity contribution in [2.24, 2.45) is 0 Å². The highest BCUT2D eigenvalue weighted by Gasteiger charge is 2.46. The maximum absolute atomic E-state index is 9.56. The van der Waals surface area contributed by atoms with Crippen LogP contribution in [0, 0.1) is 0 Å². The van der Waals surface area contributed by atoms with Crippen LogP contribution in [0.4, 0.5) is 0 Å². The van der Waals surface area contributed by atoms with E-state index in [9.17, 15) is 20.4 Å². The van der Waals surface area contributed by atoms with Crippen LogP contribution >= 0.6 is 0 Å². The van der Waals surface area contributed by atoms with Gasteiger partial charge in [0.25, 0.3) is 0 Å². The first-order valence-electron chi connectivity index (χ1n) is 5.13. The van der Waals surface area contributed by atoms with Crippen molar-refractivity contribution in [3.05, 3.63) is 0 Å². The molecule has 0 bridgehead atoms. The molecule has 0 aliphatic carbocycles. The van der Waals surface area contributed by atoms with E-state index in [2.05, 4.69) is 0 Å². The summed E-state index contributed by atoms with van der Waals surface area (Å²) >= 11 is 0. The maximum atomic E-state index is 9.56. The summed E-state index contributed by atoms with van der Waals surface area (Å²) in [5.41, 5.74) is 0. The third-order valence-corrected chi connectivity index (χ3v) is 2.39. The van der Waals surface area contributed by atoms with Gasteiger partial charge in [0, 0.05) is 7.09 Å². The number of aliphatic hydroxyl groups excluding tert-OH is 5. The Bertz CT molecular complexity index is 215. The molecule has 90 valence electrons. The topological polar surface area (TPSA) is 120 Å². The molecule has 1 fully saturated rings. The Hall–Kier alpha value is -0.280. The molecule has 5 N–H and O–H groups in total. The van der Waals surface area contributed by atoms with Gasteiger partial charge in [0.05, 0.1) is 7.98 Å². The van der Waals surface area contributed by atoms with Gasteiger partial charge >= 0.3 is 0 Å². The Labute approximate surface area is 87.9 Å². The van der Waals surface area contributed by atoms with Gasteiger partial charge in [0.1, 0.15) is 30.5 Å². The molecule has 0 spiro atoms. The smallest absolute Gasteiger partial charge is 0.184 e. The predicted octanol–water partition coefficient (Wildman–Crippen LogP) is -3.21. The fraction of sp³-hybridized carbons (Fsp3) is 1.00. The molecule has 0 aromatic carbocycles. The summed E-state index contributed by atoms with van der Waals surface area (Å²) in [5.74, 6) is 0. The average molecular weight is 225 g/mol. The summed E-state index contributed by atoms with van der Waals surface area (Å²) in [6.45, 7) is -0.545. The van der Waals surface area contributed by atoms with E-state index in [-0.39, 0.29) is 0 Å². The van der Waals surface area contributed by atoms with Crippen LogP contribution < -0.4 is 0 Å². The summed E-state index contributed by atoms with van der Waals surface area (Å²) in [6, 6.07) is 0.